The maximum absolute atomic E-state index is 13.9. The second kappa shape index (κ2) is 7.38. The summed E-state index contributed by atoms with van der Waals surface area (Å²) >= 11 is 0. The molecule has 1 aliphatic heterocycles. The van der Waals surface area contributed by atoms with Gasteiger partial charge in [-0.2, -0.15) is 4.31 Å². The van der Waals surface area contributed by atoms with Gasteiger partial charge in [0.2, 0.25) is 15.9 Å². The third kappa shape index (κ3) is 3.40. The lowest BCUT2D eigenvalue weighted by Gasteiger charge is -2.34. The highest BCUT2D eigenvalue weighted by atomic mass is 32.2. The van der Waals surface area contributed by atoms with Crippen LogP contribution in [0.15, 0.2) is 47.5 Å². The molecule has 26 heavy (non-hydrogen) atoms. The van der Waals surface area contributed by atoms with Crippen LogP contribution in [0.2, 0.25) is 0 Å². The summed E-state index contributed by atoms with van der Waals surface area (Å²) in [4.78, 5) is 17.8. The Labute approximate surface area is 151 Å². The van der Waals surface area contributed by atoms with Crippen LogP contribution in [-0.2, 0) is 10.0 Å². The molecule has 9 heteroatoms. The highest BCUT2D eigenvalue weighted by molar-refractivity contribution is 7.89. The molecule has 1 aromatic carbocycles. The number of rotatable bonds is 4. The van der Waals surface area contributed by atoms with Gasteiger partial charge in [0.25, 0.3) is 5.91 Å². The summed E-state index contributed by atoms with van der Waals surface area (Å²) in [5.74, 6) is -0.845. The van der Waals surface area contributed by atoms with Crippen LogP contribution in [-0.4, -0.2) is 61.8 Å². The highest BCUT2D eigenvalue weighted by Gasteiger charge is 2.32. The Balaban J connectivity index is 1.73. The molecule has 7 nitrogen and oxygen atoms in total. The van der Waals surface area contributed by atoms with E-state index in [1.165, 1.54) is 40.7 Å². The molecule has 0 aliphatic carbocycles. The summed E-state index contributed by atoms with van der Waals surface area (Å²) < 4.78 is 45.4. The standard InChI is InChI=1S/C17H18FN3O4S/c1-25-16-13(5-4-8-19-16)17(22)20-9-11-21(12-10-20)26(23,24)15-7-3-2-6-14(15)18/h2-8H,9-12H2,1H3. The topological polar surface area (TPSA) is 79.8 Å². The molecule has 0 unspecified atom stereocenters. The van der Waals surface area contributed by atoms with Crippen molar-refractivity contribution < 1.29 is 22.3 Å². The number of methoxy groups -OCH3 is 1. The summed E-state index contributed by atoms with van der Waals surface area (Å²) in [6.45, 7) is 0.575. The molecule has 0 N–H and O–H groups in total. The van der Waals surface area contributed by atoms with Crippen LogP contribution >= 0.6 is 0 Å². The predicted molar refractivity (Wildman–Crippen MR) is 91.9 cm³/mol. The van der Waals surface area contributed by atoms with Crippen LogP contribution < -0.4 is 4.74 Å². The lowest BCUT2D eigenvalue weighted by atomic mass is 10.2. The molecular weight excluding hydrogens is 361 g/mol. The van der Waals surface area contributed by atoms with Gasteiger partial charge < -0.3 is 9.64 Å². The zero-order chi connectivity index (χ0) is 18.7. The number of benzene rings is 1. The van der Waals surface area contributed by atoms with E-state index in [0.717, 1.165) is 6.07 Å². The third-order valence-electron chi connectivity index (χ3n) is 4.18. The number of hydrogen-bond acceptors (Lipinski definition) is 5. The van der Waals surface area contributed by atoms with Gasteiger partial charge in [-0.05, 0) is 24.3 Å². The summed E-state index contributed by atoms with van der Waals surface area (Å²) in [5.41, 5.74) is 0.320. The van der Waals surface area contributed by atoms with Gasteiger partial charge in [0.1, 0.15) is 16.3 Å². The predicted octanol–water partition coefficient (Wildman–Crippen LogP) is 1.38. The second-order valence-electron chi connectivity index (χ2n) is 5.69. The van der Waals surface area contributed by atoms with Gasteiger partial charge in [-0.3, -0.25) is 4.79 Å². The van der Waals surface area contributed by atoms with Crippen molar-refractivity contribution in [2.45, 2.75) is 4.90 Å². The maximum Gasteiger partial charge on any atom is 0.259 e. The zero-order valence-electron chi connectivity index (χ0n) is 14.1. The summed E-state index contributed by atoms with van der Waals surface area (Å²) in [5, 5.41) is 0. The Bertz CT molecular complexity index is 912. The number of sulfonamides is 1. The van der Waals surface area contributed by atoms with E-state index in [1.54, 1.807) is 12.1 Å². The van der Waals surface area contributed by atoms with Gasteiger partial charge in [0.15, 0.2) is 0 Å². The fourth-order valence-corrected chi connectivity index (χ4v) is 4.30. The summed E-state index contributed by atoms with van der Waals surface area (Å²) in [6.07, 6.45) is 1.52. The van der Waals surface area contributed by atoms with E-state index < -0.39 is 15.8 Å². The SMILES string of the molecule is COc1ncccc1C(=O)N1CCN(S(=O)(=O)c2ccccc2F)CC1. The third-order valence-corrected chi connectivity index (χ3v) is 6.11. The highest BCUT2D eigenvalue weighted by Crippen LogP contribution is 2.22. The molecule has 1 saturated heterocycles. The number of piperazine rings is 1. The molecule has 2 aromatic rings. The van der Waals surface area contributed by atoms with Gasteiger partial charge in [-0.1, -0.05) is 12.1 Å². The molecule has 3 rings (SSSR count). The molecule has 0 radical (unpaired) electrons. The van der Waals surface area contributed by atoms with Crippen molar-refractivity contribution in [3.63, 3.8) is 0 Å². The minimum Gasteiger partial charge on any atom is -0.480 e. The number of pyridine rings is 1. The fraction of sp³-hybridized carbons (Fsp3) is 0.294. The van der Waals surface area contributed by atoms with Gasteiger partial charge in [-0.15, -0.1) is 0 Å². The Morgan fingerprint density at radius 2 is 1.81 bits per heavy atom. The van der Waals surface area contributed by atoms with E-state index in [4.69, 9.17) is 4.74 Å². The monoisotopic (exact) mass is 379 g/mol. The number of aromatic nitrogens is 1. The van der Waals surface area contributed by atoms with Crippen molar-refractivity contribution in [1.82, 2.24) is 14.2 Å². The molecule has 0 saturated carbocycles. The normalized spacial score (nSPS) is 15.7. The van der Waals surface area contributed by atoms with Crippen LogP contribution in [0.3, 0.4) is 0 Å². The first kappa shape index (κ1) is 18.3. The Kier molecular flexibility index (Phi) is 5.19. The van der Waals surface area contributed by atoms with Crippen molar-refractivity contribution in [3.8, 4) is 5.88 Å². The minimum absolute atomic E-state index is 0.0883. The molecular formula is C17H18FN3O4S. The van der Waals surface area contributed by atoms with Gasteiger partial charge in [0, 0.05) is 32.4 Å². The number of hydrogen-bond donors (Lipinski definition) is 0. The number of halogens is 1. The van der Waals surface area contributed by atoms with Crippen LogP contribution in [0.5, 0.6) is 5.88 Å². The lowest BCUT2D eigenvalue weighted by Crippen LogP contribution is -2.50. The molecule has 0 atom stereocenters. The molecule has 2 heterocycles. The summed E-state index contributed by atoms with van der Waals surface area (Å²) in [7, 11) is -2.51. The first-order valence-corrected chi connectivity index (χ1v) is 9.42. The molecule has 0 bridgehead atoms. The Morgan fingerprint density at radius 1 is 1.12 bits per heavy atom. The van der Waals surface area contributed by atoms with E-state index in [2.05, 4.69) is 4.98 Å². The van der Waals surface area contributed by atoms with Crippen molar-refractivity contribution in [1.29, 1.82) is 0 Å². The average Bonchev–Trinajstić information content (AvgIpc) is 2.67. The zero-order valence-corrected chi connectivity index (χ0v) is 14.9. The van der Waals surface area contributed by atoms with Gasteiger partial charge >= 0.3 is 0 Å². The van der Waals surface area contributed by atoms with Crippen LogP contribution in [0.4, 0.5) is 4.39 Å². The van der Waals surface area contributed by atoms with Crippen LogP contribution in [0.1, 0.15) is 10.4 Å². The van der Waals surface area contributed by atoms with Gasteiger partial charge in [-0.25, -0.2) is 17.8 Å². The number of carbonyl (C=O) groups is 1. The van der Waals surface area contributed by atoms with Gasteiger partial charge in [0.05, 0.1) is 7.11 Å². The van der Waals surface area contributed by atoms with E-state index >= 15 is 0 Å². The average molecular weight is 379 g/mol. The van der Waals surface area contributed by atoms with Crippen molar-refractivity contribution in [3.05, 3.63) is 54.0 Å². The number of ether oxygens (including phenoxy) is 1. The molecule has 1 fully saturated rings. The first-order valence-electron chi connectivity index (χ1n) is 7.98. The molecule has 1 aromatic heterocycles. The minimum atomic E-state index is -3.94. The number of carbonyl (C=O) groups excluding carboxylic acids is 1. The molecule has 138 valence electrons. The van der Waals surface area contributed by atoms with E-state index in [9.17, 15) is 17.6 Å². The quantitative estimate of drug-likeness (QED) is 0.802. The van der Waals surface area contributed by atoms with Crippen LogP contribution in [0.25, 0.3) is 0 Å². The van der Waals surface area contributed by atoms with Crippen LogP contribution in [0, 0.1) is 5.82 Å². The van der Waals surface area contributed by atoms with E-state index in [0.29, 0.717) is 5.56 Å². The number of amides is 1. The Morgan fingerprint density at radius 3 is 2.46 bits per heavy atom. The summed E-state index contributed by atoms with van der Waals surface area (Å²) in [6, 6.07) is 8.51. The smallest absolute Gasteiger partial charge is 0.259 e. The second-order valence-corrected chi connectivity index (χ2v) is 7.59. The van der Waals surface area contributed by atoms with Crippen molar-refractivity contribution >= 4 is 15.9 Å². The van der Waals surface area contributed by atoms with E-state index in [-0.39, 0.29) is 42.9 Å². The molecule has 0 spiro atoms. The number of nitrogens with zero attached hydrogens (tertiary/aromatic N) is 3. The largest absolute Gasteiger partial charge is 0.480 e. The first-order chi connectivity index (χ1) is 12.4. The Hall–Kier alpha value is -2.52. The van der Waals surface area contributed by atoms with Crippen molar-refractivity contribution in [2.75, 3.05) is 33.3 Å². The lowest BCUT2D eigenvalue weighted by molar-refractivity contribution is 0.0693. The fourth-order valence-electron chi connectivity index (χ4n) is 2.81. The molecule has 1 amide bonds. The van der Waals surface area contributed by atoms with Crippen molar-refractivity contribution in [2.24, 2.45) is 0 Å². The van der Waals surface area contributed by atoms with E-state index in [1.807, 2.05) is 0 Å². The maximum atomic E-state index is 13.9. The molecule has 1 aliphatic rings.